The number of halogens is 1. The molecule has 0 saturated carbocycles. The van der Waals surface area contributed by atoms with Gasteiger partial charge in [0.1, 0.15) is 0 Å². The van der Waals surface area contributed by atoms with Crippen molar-refractivity contribution in [3.63, 3.8) is 0 Å². The van der Waals surface area contributed by atoms with Crippen molar-refractivity contribution in [3.05, 3.63) is 131 Å². The van der Waals surface area contributed by atoms with Gasteiger partial charge in [-0.15, -0.1) is 11.8 Å². The van der Waals surface area contributed by atoms with E-state index in [0.29, 0.717) is 22.7 Å². The molecule has 3 aromatic carbocycles. The van der Waals surface area contributed by atoms with E-state index in [2.05, 4.69) is 108 Å². The third-order valence-electron chi connectivity index (χ3n) is 6.88. The summed E-state index contributed by atoms with van der Waals surface area (Å²) >= 11 is 5.60. The highest BCUT2D eigenvalue weighted by molar-refractivity contribution is 9.11. The Balaban J connectivity index is 1.51. The second kappa shape index (κ2) is 10.7. The van der Waals surface area contributed by atoms with Crippen LogP contribution in [0.3, 0.4) is 0 Å². The zero-order valence-corrected chi connectivity index (χ0v) is 23.6. The average Bonchev–Trinajstić information content (AvgIpc) is 3.34. The summed E-state index contributed by atoms with van der Waals surface area (Å²) in [5, 5.41) is 0.380. The van der Waals surface area contributed by atoms with Crippen molar-refractivity contribution in [2.75, 3.05) is 0 Å². The lowest BCUT2D eigenvalue weighted by molar-refractivity contribution is 0.877. The van der Waals surface area contributed by atoms with Gasteiger partial charge in [-0.05, 0) is 42.7 Å². The minimum Gasteiger partial charge on any atom is -0.208 e. The second-order valence-corrected chi connectivity index (χ2v) is 11.5. The molecule has 4 aromatic rings. The summed E-state index contributed by atoms with van der Waals surface area (Å²) in [6.45, 7) is 4.16. The predicted octanol–water partition coefficient (Wildman–Crippen LogP) is 9.12. The number of nitrogens with zero attached hydrogens (tertiary/aromatic N) is 3. The lowest BCUT2D eigenvalue weighted by atomic mass is 9.89. The van der Waals surface area contributed by atoms with E-state index in [9.17, 15) is 0 Å². The van der Waals surface area contributed by atoms with Gasteiger partial charge in [-0.1, -0.05) is 113 Å². The molecule has 0 spiro atoms. The first-order valence-electron chi connectivity index (χ1n) is 12.7. The summed E-state index contributed by atoms with van der Waals surface area (Å²) < 4.78 is 1.11. The van der Waals surface area contributed by atoms with Gasteiger partial charge in [0.05, 0.1) is 0 Å². The summed E-state index contributed by atoms with van der Waals surface area (Å²) in [6.07, 6.45) is 11.0. The van der Waals surface area contributed by atoms with Crippen molar-refractivity contribution in [2.24, 2.45) is 0 Å². The van der Waals surface area contributed by atoms with E-state index >= 15 is 0 Å². The van der Waals surface area contributed by atoms with E-state index in [0.717, 1.165) is 26.8 Å². The van der Waals surface area contributed by atoms with Crippen LogP contribution < -0.4 is 0 Å². The largest absolute Gasteiger partial charge is 0.208 e. The molecule has 2 unspecified atom stereocenters. The van der Waals surface area contributed by atoms with Gasteiger partial charge in [-0.25, -0.2) is 15.0 Å². The Morgan fingerprint density at radius 1 is 0.868 bits per heavy atom. The number of hydrogen-bond donors (Lipinski definition) is 0. The van der Waals surface area contributed by atoms with Crippen molar-refractivity contribution < 1.29 is 0 Å². The van der Waals surface area contributed by atoms with E-state index < -0.39 is 0 Å². The number of hydrogen-bond acceptors (Lipinski definition) is 4. The fourth-order valence-corrected chi connectivity index (χ4v) is 6.74. The molecule has 2 aliphatic rings. The molecule has 6 rings (SSSR count). The molecule has 2 heterocycles. The highest BCUT2D eigenvalue weighted by Gasteiger charge is 2.35. The molecule has 0 bridgehead atoms. The second-order valence-electron chi connectivity index (χ2n) is 9.35. The molecule has 3 nitrogen and oxygen atoms in total. The Morgan fingerprint density at radius 2 is 1.61 bits per heavy atom. The van der Waals surface area contributed by atoms with Crippen molar-refractivity contribution in [1.29, 1.82) is 0 Å². The summed E-state index contributed by atoms with van der Waals surface area (Å²) in [5.74, 6) is 2.32. The molecular weight excluding hydrogens is 550 g/mol. The maximum Gasteiger partial charge on any atom is 0.164 e. The quantitative estimate of drug-likeness (QED) is 0.222. The first-order chi connectivity index (χ1) is 18.6. The van der Waals surface area contributed by atoms with Crippen LogP contribution in [0.2, 0.25) is 0 Å². The van der Waals surface area contributed by atoms with Crippen LogP contribution >= 0.6 is 27.7 Å². The molecule has 0 saturated heterocycles. The molecule has 1 aliphatic carbocycles. The summed E-state index contributed by atoms with van der Waals surface area (Å²) in [5.41, 5.74) is 6.63. The molecule has 1 aromatic heterocycles. The van der Waals surface area contributed by atoms with Gasteiger partial charge >= 0.3 is 0 Å². The molecule has 38 heavy (non-hydrogen) atoms. The minimum atomic E-state index is 0.271. The maximum atomic E-state index is 5.09. The Bertz CT molecular complexity index is 1620. The van der Waals surface area contributed by atoms with Gasteiger partial charge in [-0.3, -0.25) is 0 Å². The Hall–Kier alpha value is -3.54. The summed E-state index contributed by atoms with van der Waals surface area (Å²) in [6, 6.07) is 27.0. The van der Waals surface area contributed by atoms with E-state index in [4.69, 9.17) is 15.0 Å². The molecule has 0 fully saturated rings. The first-order valence-corrected chi connectivity index (χ1v) is 14.4. The topological polar surface area (TPSA) is 38.7 Å². The molecular formula is C33H26BrN3S. The SMILES string of the molecule is C/C=C(\C=C(/C)c1ccccc1)c1nc(-c2ccccc2)nc(-c2cccc3c2C2C=C(Br)C=CC2S3)n1. The van der Waals surface area contributed by atoms with E-state index in [1.54, 1.807) is 0 Å². The van der Waals surface area contributed by atoms with E-state index in [1.165, 1.54) is 16.0 Å². The smallest absolute Gasteiger partial charge is 0.164 e. The van der Waals surface area contributed by atoms with Gasteiger partial charge in [0.25, 0.3) is 0 Å². The van der Waals surface area contributed by atoms with Crippen LogP contribution in [-0.4, -0.2) is 20.2 Å². The predicted molar refractivity (Wildman–Crippen MR) is 163 cm³/mol. The number of rotatable bonds is 5. The van der Waals surface area contributed by atoms with Crippen LogP contribution in [-0.2, 0) is 0 Å². The van der Waals surface area contributed by atoms with Crippen molar-refractivity contribution in [1.82, 2.24) is 15.0 Å². The van der Waals surface area contributed by atoms with E-state index in [1.807, 2.05) is 43.0 Å². The van der Waals surface area contributed by atoms with Gasteiger partial charge in [-0.2, -0.15) is 0 Å². The molecule has 0 amide bonds. The third kappa shape index (κ3) is 4.84. The van der Waals surface area contributed by atoms with Crippen molar-refractivity contribution in [3.8, 4) is 22.8 Å². The molecule has 0 radical (unpaired) electrons. The van der Waals surface area contributed by atoms with Crippen LogP contribution in [0.25, 0.3) is 33.9 Å². The monoisotopic (exact) mass is 575 g/mol. The Labute approximate surface area is 236 Å². The molecule has 0 N–H and O–H groups in total. The lowest BCUT2D eigenvalue weighted by Crippen LogP contribution is -2.10. The standard InChI is InChI=1S/C33H26BrN3S/c1-3-22(19-21(2)23-11-6-4-7-12-23)31-35-32(24-13-8-5-9-14-24)37-33(36-31)26-15-10-16-29-30(26)27-20-25(34)17-18-28(27)38-29/h3-20,27-28H,1-2H3/b21-19+,22-3+. The Morgan fingerprint density at radius 3 is 2.37 bits per heavy atom. The summed E-state index contributed by atoms with van der Waals surface area (Å²) in [7, 11) is 0. The number of fused-ring (bicyclic) bond motifs is 3. The highest BCUT2D eigenvalue weighted by Crippen LogP contribution is 2.52. The van der Waals surface area contributed by atoms with Crippen LogP contribution in [0.4, 0.5) is 0 Å². The molecule has 5 heteroatoms. The third-order valence-corrected chi connectivity index (χ3v) is 8.74. The number of thioether (sulfide) groups is 1. The zero-order chi connectivity index (χ0) is 26.1. The average molecular weight is 577 g/mol. The lowest BCUT2D eigenvalue weighted by Gasteiger charge is -2.19. The van der Waals surface area contributed by atoms with Crippen molar-refractivity contribution in [2.45, 2.75) is 29.9 Å². The van der Waals surface area contributed by atoms with Crippen LogP contribution in [0.1, 0.15) is 36.7 Å². The van der Waals surface area contributed by atoms with Crippen molar-refractivity contribution >= 4 is 38.8 Å². The normalized spacial score (nSPS) is 18.7. The summed E-state index contributed by atoms with van der Waals surface area (Å²) in [4.78, 5) is 16.4. The number of benzene rings is 3. The molecule has 2 atom stereocenters. The van der Waals surface area contributed by atoms with Crippen LogP contribution in [0.15, 0.2) is 119 Å². The fourth-order valence-electron chi connectivity index (χ4n) is 4.96. The first kappa shape index (κ1) is 24.8. The zero-order valence-electron chi connectivity index (χ0n) is 21.2. The minimum absolute atomic E-state index is 0.271. The van der Waals surface area contributed by atoms with E-state index in [-0.39, 0.29) is 5.92 Å². The number of aromatic nitrogens is 3. The van der Waals surface area contributed by atoms with Gasteiger partial charge in [0.2, 0.25) is 0 Å². The van der Waals surface area contributed by atoms with Crippen LogP contribution in [0, 0.1) is 0 Å². The van der Waals surface area contributed by atoms with Gasteiger partial charge in [0, 0.05) is 37.2 Å². The Kier molecular flexibility index (Phi) is 6.96. The van der Waals surface area contributed by atoms with Crippen LogP contribution in [0.5, 0.6) is 0 Å². The fraction of sp³-hybridized carbons (Fsp3) is 0.121. The van der Waals surface area contributed by atoms with Gasteiger partial charge in [0.15, 0.2) is 17.5 Å². The molecule has 186 valence electrons. The molecule has 1 aliphatic heterocycles. The van der Waals surface area contributed by atoms with Gasteiger partial charge < -0.3 is 0 Å². The highest BCUT2D eigenvalue weighted by atomic mass is 79.9. The maximum absolute atomic E-state index is 5.09. The number of allylic oxidation sites excluding steroid dienone is 7.